The molecule has 1 atom stereocenters. The van der Waals surface area contributed by atoms with Crippen molar-refractivity contribution in [3.63, 3.8) is 0 Å². The predicted molar refractivity (Wildman–Crippen MR) is 85.1 cm³/mol. The van der Waals surface area contributed by atoms with E-state index in [1.807, 2.05) is 6.20 Å². The standard InChI is InChI=1S/C15H20N2OS2/c18-13(11-4-1-2-5-11)10-16-8-12-9-17-15(20-12)14-6-3-7-19-14/h3,6-7,9,11,13,16,18H,1-2,4-5,8,10H2. The first kappa shape index (κ1) is 14.2. The number of hydrogen-bond acceptors (Lipinski definition) is 5. The molecule has 2 heterocycles. The van der Waals surface area contributed by atoms with E-state index in [-0.39, 0.29) is 6.10 Å². The summed E-state index contributed by atoms with van der Waals surface area (Å²) in [5, 5.41) is 16.6. The van der Waals surface area contributed by atoms with Crippen molar-refractivity contribution in [2.24, 2.45) is 5.92 Å². The van der Waals surface area contributed by atoms with Gasteiger partial charge in [0.25, 0.3) is 0 Å². The summed E-state index contributed by atoms with van der Waals surface area (Å²) in [5.74, 6) is 0.505. The van der Waals surface area contributed by atoms with Crippen LogP contribution in [0.25, 0.3) is 9.88 Å². The van der Waals surface area contributed by atoms with Gasteiger partial charge in [0.15, 0.2) is 0 Å². The lowest BCUT2D eigenvalue weighted by atomic mass is 10.0. The van der Waals surface area contributed by atoms with Crippen LogP contribution < -0.4 is 5.32 Å². The molecule has 5 heteroatoms. The molecule has 0 aromatic carbocycles. The maximum Gasteiger partial charge on any atom is 0.133 e. The third-order valence-corrected chi connectivity index (χ3v) is 5.92. The Labute approximate surface area is 127 Å². The lowest BCUT2D eigenvalue weighted by molar-refractivity contribution is 0.109. The number of thiophene rings is 1. The van der Waals surface area contributed by atoms with Crippen molar-refractivity contribution >= 4 is 22.7 Å². The summed E-state index contributed by atoms with van der Waals surface area (Å²) in [6.07, 6.45) is 6.68. The minimum Gasteiger partial charge on any atom is -0.392 e. The first-order valence-electron chi connectivity index (χ1n) is 7.20. The van der Waals surface area contributed by atoms with Crippen molar-refractivity contribution in [3.05, 3.63) is 28.6 Å². The van der Waals surface area contributed by atoms with E-state index in [1.165, 1.54) is 35.4 Å². The first-order valence-corrected chi connectivity index (χ1v) is 8.90. The van der Waals surface area contributed by atoms with Gasteiger partial charge in [-0.15, -0.1) is 22.7 Å². The Hall–Kier alpha value is -0.750. The SMILES string of the molecule is OC(CNCc1cnc(-c2cccs2)s1)C1CCCC1. The summed E-state index contributed by atoms with van der Waals surface area (Å²) in [4.78, 5) is 6.92. The van der Waals surface area contributed by atoms with E-state index < -0.39 is 0 Å². The van der Waals surface area contributed by atoms with Crippen LogP contribution in [-0.4, -0.2) is 22.7 Å². The summed E-state index contributed by atoms with van der Waals surface area (Å²) < 4.78 is 0. The Bertz CT molecular complexity index is 518. The molecule has 3 rings (SSSR count). The molecule has 0 amide bonds. The van der Waals surface area contributed by atoms with Gasteiger partial charge in [0.05, 0.1) is 11.0 Å². The summed E-state index contributed by atoms with van der Waals surface area (Å²) in [6, 6.07) is 4.15. The second kappa shape index (κ2) is 6.80. The monoisotopic (exact) mass is 308 g/mol. The van der Waals surface area contributed by atoms with Gasteiger partial charge < -0.3 is 10.4 Å². The maximum absolute atomic E-state index is 10.1. The Morgan fingerprint density at radius 1 is 1.40 bits per heavy atom. The lowest BCUT2D eigenvalue weighted by Crippen LogP contribution is -2.31. The van der Waals surface area contributed by atoms with Crippen LogP contribution >= 0.6 is 22.7 Å². The Morgan fingerprint density at radius 3 is 3.00 bits per heavy atom. The van der Waals surface area contributed by atoms with Gasteiger partial charge in [-0.05, 0) is 30.2 Å². The molecule has 1 saturated carbocycles. The number of aromatic nitrogens is 1. The largest absolute Gasteiger partial charge is 0.392 e. The minimum absolute atomic E-state index is 0.192. The molecule has 2 N–H and O–H groups in total. The number of nitrogens with one attached hydrogen (secondary N) is 1. The zero-order valence-electron chi connectivity index (χ0n) is 11.4. The third-order valence-electron chi connectivity index (χ3n) is 3.88. The summed E-state index contributed by atoms with van der Waals surface area (Å²) in [6.45, 7) is 1.49. The summed E-state index contributed by atoms with van der Waals surface area (Å²) in [7, 11) is 0. The maximum atomic E-state index is 10.1. The van der Waals surface area contributed by atoms with Crippen molar-refractivity contribution in [3.8, 4) is 9.88 Å². The number of thiazole rings is 1. The van der Waals surface area contributed by atoms with Gasteiger partial charge >= 0.3 is 0 Å². The van der Waals surface area contributed by atoms with Crippen LogP contribution in [0.3, 0.4) is 0 Å². The predicted octanol–water partition coefficient (Wildman–Crippen LogP) is 3.51. The Morgan fingerprint density at radius 2 is 2.25 bits per heavy atom. The highest BCUT2D eigenvalue weighted by Crippen LogP contribution is 2.29. The van der Waals surface area contributed by atoms with E-state index in [9.17, 15) is 5.11 Å². The van der Waals surface area contributed by atoms with Crippen molar-refractivity contribution in [1.82, 2.24) is 10.3 Å². The van der Waals surface area contributed by atoms with Crippen LogP contribution in [0.1, 0.15) is 30.6 Å². The van der Waals surface area contributed by atoms with Crippen LogP contribution in [-0.2, 0) is 6.54 Å². The molecule has 1 fully saturated rings. The first-order chi connectivity index (χ1) is 9.83. The summed E-state index contributed by atoms with van der Waals surface area (Å²) in [5.41, 5.74) is 0. The van der Waals surface area contributed by atoms with Gasteiger partial charge in [-0.25, -0.2) is 4.98 Å². The van der Waals surface area contributed by atoms with Crippen LogP contribution in [0.4, 0.5) is 0 Å². The quantitative estimate of drug-likeness (QED) is 0.858. The van der Waals surface area contributed by atoms with E-state index in [2.05, 4.69) is 27.8 Å². The zero-order valence-corrected chi connectivity index (χ0v) is 13.1. The van der Waals surface area contributed by atoms with Crippen LogP contribution in [0, 0.1) is 5.92 Å². The highest BCUT2D eigenvalue weighted by Gasteiger charge is 2.22. The molecule has 0 saturated heterocycles. The number of aliphatic hydroxyl groups excluding tert-OH is 1. The lowest BCUT2D eigenvalue weighted by Gasteiger charge is -2.17. The van der Waals surface area contributed by atoms with Crippen molar-refractivity contribution in [2.75, 3.05) is 6.54 Å². The fourth-order valence-corrected chi connectivity index (χ4v) is 4.44. The molecule has 3 nitrogen and oxygen atoms in total. The van der Waals surface area contributed by atoms with Crippen LogP contribution in [0.15, 0.2) is 23.7 Å². The van der Waals surface area contributed by atoms with E-state index in [0.29, 0.717) is 12.5 Å². The van der Waals surface area contributed by atoms with Gasteiger partial charge in [-0.3, -0.25) is 0 Å². The van der Waals surface area contributed by atoms with Crippen LogP contribution in [0.2, 0.25) is 0 Å². The molecule has 108 valence electrons. The fraction of sp³-hybridized carbons (Fsp3) is 0.533. The van der Waals surface area contributed by atoms with Gasteiger partial charge in [0.1, 0.15) is 5.01 Å². The Kier molecular flexibility index (Phi) is 4.83. The summed E-state index contributed by atoms with van der Waals surface area (Å²) >= 11 is 3.45. The molecule has 0 aliphatic heterocycles. The third kappa shape index (κ3) is 3.47. The molecular weight excluding hydrogens is 288 g/mol. The fourth-order valence-electron chi connectivity index (χ4n) is 2.76. The zero-order chi connectivity index (χ0) is 13.8. The average Bonchev–Trinajstić information content (AvgIpc) is 3.20. The molecular formula is C15H20N2OS2. The van der Waals surface area contributed by atoms with Crippen molar-refractivity contribution in [1.29, 1.82) is 0 Å². The molecule has 1 aliphatic carbocycles. The highest BCUT2D eigenvalue weighted by molar-refractivity contribution is 7.20. The highest BCUT2D eigenvalue weighted by atomic mass is 32.1. The molecule has 20 heavy (non-hydrogen) atoms. The van der Waals surface area contributed by atoms with Gasteiger partial charge in [0, 0.05) is 24.2 Å². The van der Waals surface area contributed by atoms with Gasteiger partial charge in [-0.2, -0.15) is 0 Å². The van der Waals surface area contributed by atoms with E-state index in [1.54, 1.807) is 22.7 Å². The van der Waals surface area contributed by atoms with Crippen molar-refractivity contribution < 1.29 is 5.11 Å². The minimum atomic E-state index is -0.192. The average molecular weight is 308 g/mol. The normalized spacial score (nSPS) is 17.6. The molecule has 0 spiro atoms. The molecule has 0 bridgehead atoms. The number of nitrogens with zero attached hydrogens (tertiary/aromatic N) is 1. The Balaban J connectivity index is 1.46. The van der Waals surface area contributed by atoms with E-state index in [0.717, 1.165) is 11.6 Å². The molecule has 0 radical (unpaired) electrons. The number of hydrogen-bond donors (Lipinski definition) is 2. The van der Waals surface area contributed by atoms with Gasteiger partial charge in [-0.1, -0.05) is 18.9 Å². The molecule has 1 unspecified atom stereocenters. The topological polar surface area (TPSA) is 45.1 Å². The van der Waals surface area contributed by atoms with Crippen LogP contribution in [0.5, 0.6) is 0 Å². The number of aliphatic hydroxyl groups is 1. The smallest absolute Gasteiger partial charge is 0.133 e. The van der Waals surface area contributed by atoms with E-state index >= 15 is 0 Å². The number of rotatable bonds is 6. The van der Waals surface area contributed by atoms with Crippen molar-refractivity contribution in [2.45, 2.75) is 38.3 Å². The second-order valence-electron chi connectivity index (χ2n) is 5.35. The van der Waals surface area contributed by atoms with Gasteiger partial charge in [0.2, 0.25) is 0 Å². The molecule has 2 aromatic heterocycles. The molecule has 1 aliphatic rings. The molecule has 2 aromatic rings. The van der Waals surface area contributed by atoms with E-state index in [4.69, 9.17) is 0 Å². The second-order valence-corrected chi connectivity index (χ2v) is 7.41.